The van der Waals surface area contributed by atoms with E-state index in [0.717, 1.165) is 44.1 Å². The molecule has 150 heavy (non-hydrogen) atoms. The minimum atomic E-state index is -0.380. The van der Waals surface area contributed by atoms with Crippen LogP contribution in [-0.4, -0.2) is 135 Å². The predicted molar refractivity (Wildman–Crippen MR) is 578 cm³/mol. The number of aromatic nitrogens is 17. The fraction of sp³-hybridized carbons (Fsp3) is 0.174. The van der Waals surface area contributed by atoms with Crippen molar-refractivity contribution in [1.29, 1.82) is 5.26 Å². The molecule has 11 aromatic heterocycles. The number of amides is 1. The molecule has 0 radical (unpaired) electrons. The summed E-state index contributed by atoms with van der Waals surface area (Å²) in [6, 6.07) is 75.6. The van der Waals surface area contributed by atoms with Crippen LogP contribution in [0.3, 0.4) is 0 Å². The van der Waals surface area contributed by atoms with Crippen molar-refractivity contribution >= 4 is 89.3 Å². The number of aryl methyl sites for hydroxylation is 4. The maximum absolute atomic E-state index is 14.3. The van der Waals surface area contributed by atoms with Gasteiger partial charge in [-0.05, 0) is 173 Å². The Kier molecular flexibility index (Phi) is 31.2. The number of H-pyrrole nitrogens is 2. The summed E-state index contributed by atoms with van der Waals surface area (Å²) in [6.45, 7) is 39.5. The minimum Gasteiger partial charge on any atom is -0.491 e. The minimum absolute atomic E-state index is 0.0679. The number of hydrogen-bond donors (Lipinski definition) is 6. The maximum Gasteiger partial charge on any atom is 0.264 e. The number of anilines is 4. The molecule has 4 atom stereocenters. The Balaban J connectivity index is 0.000000136. The number of carbonyl (C=O) groups is 1. The zero-order valence-corrected chi connectivity index (χ0v) is 83.2. The van der Waals surface area contributed by atoms with E-state index in [4.69, 9.17) is 33.9 Å². The number of nitrogens with zero attached hydrogens (tertiary/aromatic N) is 20. The monoisotopic (exact) mass is 1990 g/mol. The largest absolute Gasteiger partial charge is 0.491 e. The lowest BCUT2D eigenvalue weighted by Gasteiger charge is -2.26. The van der Waals surface area contributed by atoms with Crippen molar-refractivity contribution in [3.63, 3.8) is 0 Å². The van der Waals surface area contributed by atoms with E-state index in [9.17, 15) is 34.0 Å². The second kappa shape index (κ2) is 46.1. The summed E-state index contributed by atoms with van der Waals surface area (Å²) in [5.41, 5.74) is 10.5. The van der Waals surface area contributed by atoms with Crippen molar-refractivity contribution in [2.24, 2.45) is 0 Å². The number of fused-ring (bicyclic) bond motifs is 4. The van der Waals surface area contributed by atoms with Crippen LogP contribution in [0.4, 0.5) is 40.3 Å². The SMILES string of the molecule is COc1cc(-c2cccc3cc([C@H](C)Nc4nc(C)ncc4C#N)n(-c4ccccc4)c(=O)c23)cnc1OC.[C-]#[N+]c1cnc(C)nc1N[C@@H](C)c1cc2cccc(-c3cccc(=O)[nH]3)c2c(=O)n1-c1ccccc1.[C-]#[N+]c1cnc(C)nc1N[C@@H](C)c1cc2cccc(-c3cn[nH]n3)c2c(=O)n1-c1ccccc1.[C-]#[N+]c1cnc(C)nc1N[C@@H](C)c1cc2cccc(C#CCCC(=O)N3CCOCC3)c2c(=O)n1-c1ccccc1. The van der Waals surface area contributed by atoms with Gasteiger partial charge in [-0.15, -0.1) is 0 Å². The van der Waals surface area contributed by atoms with E-state index in [1.54, 1.807) is 77.6 Å². The van der Waals surface area contributed by atoms with Crippen LogP contribution >= 0.6 is 0 Å². The van der Waals surface area contributed by atoms with E-state index in [2.05, 4.69) is 119 Å². The van der Waals surface area contributed by atoms with Crippen LogP contribution in [0.25, 0.3) is 114 Å². The molecule has 8 aromatic carbocycles. The first-order valence-electron chi connectivity index (χ1n) is 47.8. The molecule has 0 bridgehead atoms. The van der Waals surface area contributed by atoms with E-state index in [-0.39, 0.29) is 57.9 Å². The second-order valence-electron chi connectivity index (χ2n) is 34.8. The number of pyridine rings is 6. The lowest BCUT2D eigenvalue weighted by Crippen LogP contribution is -2.40. The normalized spacial score (nSPS) is 12.2. The third-order valence-corrected chi connectivity index (χ3v) is 24.9. The van der Waals surface area contributed by atoms with Crippen molar-refractivity contribution in [3.8, 4) is 85.9 Å². The molecule has 20 rings (SSSR count). The number of nitrogens with one attached hydrogen (secondary N) is 6. The number of ether oxygens (including phenoxy) is 3. The Bertz CT molecular complexity index is 8910. The molecule has 0 aliphatic carbocycles. The van der Waals surface area contributed by atoms with Gasteiger partial charge in [0.2, 0.25) is 28.5 Å². The van der Waals surface area contributed by atoms with Crippen LogP contribution in [0.2, 0.25) is 0 Å². The van der Waals surface area contributed by atoms with Gasteiger partial charge >= 0.3 is 0 Å². The van der Waals surface area contributed by atoms with Crippen LogP contribution in [0.15, 0.2) is 304 Å². The number of benzene rings is 8. The molecule has 742 valence electrons. The molecule has 6 N–H and O–H groups in total. The molecule has 12 heterocycles. The molecule has 1 fully saturated rings. The van der Waals surface area contributed by atoms with Gasteiger partial charge < -0.3 is 45.4 Å². The van der Waals surface area contributed by atoms with Crippen molar-refractivity contribution < 1.29 is 19.0 Å². The molecule has 0 spiro atoms. The zero-order valence-electron chi connectivity index (χ0n) is 83.2. The first-order valence-corrected chi connectivity index (χ1v) is 47.8. The molecular formula is C115H98N26O9. The number of nitriles is 1. The Labute approximate surface area is 860 Å². The quantitative estimate of drug-likeness (QED) is 0.0256. The van der Waals surface area contributed by atoms with Gasteiger partial charge in [-0.1, -0.05) is 157 Å². The van der Waals surface area contributed by atoms with Crippen molar-refractivity contribution in [2.75, 3.05) is 61.8 Å². The number of morpholine rings is 1. The van der Waals surface area contributed by atoms with Crippen LogP contribution in [0.5, 0.6) is 11.6 Å². The van der Waals surface area contributed by atoms with E-state index >= 15 is 0 Å². The van der Waals surface area contributed by atoms with E-state index in [1.165, 1.54) is 38.0 Å². The fourth-order valence-corrected chi connectivity index (χ4v) is 17.8. The maximum atomic E-state index is 14.3. The second-order valence-corrected chi connectivity index (χ2v) is 34.8. The standard InChI is InChI=1S/C32H30N6O3.C30H26N6O3.C28H22N6O2.C25H20N8O/c1-22(35-31-27(33-3)21-34-23(2)36-31)28-20-25-12-9-11-24(10-7-8-15-29(39)37-16-18-41-19-17-37)30(25)32(40)38(28)26-13-5-4-6-14-26;1-18(34-28-22(15-31)17-32-19(2)35-28)25-13-20-9-8-12-24(21-14-26(38-3)29(39-4)33-16-21)27(20)30(37)36(25)23-10-6-5-7-11-23;1-17(31-27-23(29-3)16-30-18(2)32-27)24-15-19-9-7-12-21(22-13-8-14-25(35)33-22)26(19)28(36)34(24)20-10-5-4-6-11-20;1-15(29-24-21(26-3)13-27-16(2)30-24)22-12-17-8-7-11-19(20-14-28-32-31-20)23(17)25(34)33(22)18-9-5-4-6-10-18/h4-6,9,11-14,20-22H,8,15-19H2,1-2H3,(H,34,35,36);5-14,16-18H,1-4H3,(H,32,34,35);4-17H,1-2H3,(H,33,35)(H,30,31,32);4-15H,1-2H3,(H,27,29,30)(H,28,31,32)/t22-;18-;17-;15-/m0000/s1. The van der Waals surface area contributed by atoms with Gasteiger partial charge in [0.15, 0.2) is 5.75 Å². The number of methoxy groups -OCH3 is 2. The van der Waals surface area contributed by atoms with Gasteiger partial charge in [0, 0.05) is 130 Å². The fourth-order valence-electron chi connectivity index (χ4n) is 17.8. The van der Waals surface area contributed by atoms with E-state index in [0.29, 0.717) is 204 Å². The summed E-state index contributed by atoms with van der Waals surface area (Å²) in [5, 5.41) is 38.7. The predicted octanol–water partition coefficient (Wildman–Crippen LogP) is 19.8. The number of para-hydroxylation sites is 4. The van der Waals surface area contributed by atoms with Gasteiger partial charge in [0.05, 0.1) is 105 Å². The lowest BCUT2D eigenvalue weighted by atomic mass is 9.98. The first kappa shape index (κ1) is 101. The van der Waals surface area contributed by atoms with Gasteiger partial charge in [-0.3, -0.25) is 62.0 Å². The van der Waals surface area contributed by atoms with Crippen LogP contribution in [0.1, 0.15) is 122 Å². The summed E-state index contributed by atoms with van der Waals surface area (Å²) in [7, 11) is 3.08. The molecule has 1 aliphatic heterocycles. The third kappa shape index (κ3) is 22.2. The summed E-state index contributed by atoms with van der Waals surface area (Å²) in [4.78, 5) is 135. The average molecular weight is 1990 g/mol. The molecule has 1 amide bonds. The molecule has 1 aliphatic rings. The van der Waals surface area contributed by atoms with E-state index < -0.39 is 0 Å². The summed E-state index contributed by atoms with van der Waals surface area (Å²) in [5.74, 6) is 11.0. The molecule has 35 nitrogen and oxygen atoms in total. The van der Waals surface area contributed by atoms with Gasteiger partial charge in [-0.2, -0.15) is 20.7 Å². The molecule has 35 heteroatoms. The number of carbonyl (C=O) groups excluding carboxylic acids is 1. The Morgan fingerprint density at radius 3 is 1.25 bits per heavy atom. The number of rotatable bonds is 23. The summed E-state index contributed by atoms with van der Waals surface area (Å²) >= 11 is 0. The lowest BCUT2D eigenvalue weighted by molar-refractivity contribution is -0.135. The number of hydrogen-bond acceptors (Lipinski definition) is 25. The van der Waals surface area contributed by atoms with E-state index in [1.807, 2.05) is 257 Å². The highest BCUT2D eigenvalue weighted by Crippen LogP contribution is 2.39. The van der Waals surface area contributed by atoms with Crippen LogP contribution in [0, 0.1) is 70.6 Å². The number of aromatic amines is 2. The smallest absolute Gasteiger partial charge is 0.264 e. The van der Waals surface area contributed by atoms with Crippen molar-refractivity contribution in [2.45, 2.75) is 92.4 Å². The zero-order chi connectivity index (χ0) is 105. The third-order valence-electron chi connectivity index (χ3n) is 24.9. The topological polar surface area (TPSA) is 411 Å². The van der Waals surface area contributed by atoms with Gasteiger partial charge in [0.25, 0.3) is 28.1 Å². The average Bonchev–Trinajstić information content (AvgIpc) is 0.930. The molecular weight excluding hydrogens is 1890 g/mol. The first-order chi connectivity index (χ1) is 72.9. The molecule has 1 saturated heterocycles. The Hall–Kier alpha value is -20.1. The van der Waals surface area contributed by atoms with Gasteiger partial charge in [-0.25, -0.2) is 44.4 Å². The molecule has 0 saturated carbocycles. The van der Waals surface area contributed by atoms with Crippen LogP contribution in [-0.2, 0) is 9.53 Å². The molecule has 0 unspecified atom stereocenters. The highest BCUT2D eigenvalue weighted by molar-refractivity contribution is 5.99. The molecule has 19 aromatic rings. The van der Waals surface area contributed by atoms with Gasteiger partial charge in [0.1, 0.15) is 63.9 Å². The highest BCUT2D eigenvalue weighted by atomic mass is 16.5. The Morgan fingerprint density at radius 1 is 0.440 bits per heavy atom. The summed E-state index contributed by atoms with van der Waals surface area (Å²) in [6.07, 6.45) is 9.97. The van der Waals surface area contributed by atoms with Crippen molar-refractivity contribution in [1.82, 2.24) is 88.4 Å². The summed E-state index contributed by atoms with van der Waals surface area (Å²) < 4.78 is 22.8. The highest BCUT2D eigenvalue weighted by Gasteiger charge is 2.28. The van der Waals surface area contributed by atoms with Crippen LogP contribution < -0.4 is 58.5 Å². The Morgan fingerprint density at radius 2 is 0.833 bits per heavy atom. The van der Waals surface area contributed by atoms with Crippen molar-refractivity contribution in [3.05, 3.63) is 423 Å².